The van der Waals surface area contributed by atoms with Gasteiger partial charge in [-0.05, 0) is 30.0 Å². The first-order chi connectivity index (χ1) is 8.08. The van der Waals surface area contributed by atoms with Crippen molar-refractivity contribution >= 4 is 27.7 Å². The molecule has 1 fully saturated rings. The molecule has 1 aromatic rings. The van der Waals surface area contributed by atoms with Gasteiger partial charge in [0.15, 0.2) is 0 Å². The first-order valence-electron chi connectivity index (χ1n) is 5.64. The molecule has 0 saturated carbocycles. The highest BCUT2D eigenvalue weighted by molar-refractivity contribution is 9.10. The van der Waals surface area contributed by atoms with Crippen LogP contribution in [-0.4, -0.2) is 23.3 Å². The summed E-state index contributed by atoms with van der Waals surface area (Å²) in [5.74, 6) is 0.0344. The number of amides is 2. The van der Waals surface area contributed by atoms with Gasteiger partial charge in [0.05, 0.1) is 0 Å². The highest BCUT2D eigenvalue weighted by Gasteiger charge is 2.28. The number of likely N-dealkylation sites (tertiary alicyclic amines) is 1. The number of rotatable bonds is 1. The Bertz CT molecular complexity index is 441. The van der Waals surface area contributed by atoms with E-state index in [2.05, 4.69) is 15.9 Å². The van der Waals surface area contributed by atoms with Crippen LogP contribution in [0.2, 0.25) is 0 Å². The van der Waals surface area contributed by atoms with Crippen LogP contribution in [0.25, 0.3) is 0 Å². The zero-order valence-electron chi connectivity index (χ0n) is 9.65. The van der Waals surface area contributed by atoms with Crippen molar-refractivity contribution in [2.75, 3.05) is 6.54 Å². The maximum absolute atomic E-state index is 11.8. The topological polar surface area (TPSA) is 37.4 Å². The summed E-state index contributed by atoms with van der Waals surface area (Å²) >= 11 is 3.39. The van der Waals surface area contributed by atoms with Crippen LogP contribution in [0.4, 0.5) is 0 Å². The second kappa shape index (κ2) is 5.00. The quantitative estimate of drug-likeness (QED) is 0.799. The van der Waals surface area contributed by atoms with Crippen molar-refractivity contribution in [2.45, 2.75) is 25.7 Å². The molecule has 2 amide bonds. The van der Waals surface area contributed by atoms with Crippen molar-refractivity contribution in [3.8, 4) is 0 Å². The highest BCUT2D eigenvalue weighted by atomic mass is 79.9. The molecule has 2 rings (SSSR count). The molecule has 0 bridgehead atoms. The fraction of sp³-hybridized carbons (Fsp3) is 0.385. The van der Waals surface area contributed by atoms with E-state index in [4.69, 9.17) is 0 Å². The van der Waals surface area contributed by atoms with Gasteiger partial charge in [0.25, 0.3) is 0 Å². The smallest absolute Gasteiger partial charge is 0.229 e. The van der Waals surface area contributed by atoms with Gasteiger partial charge in [-0.2, -0.15) is 0 Å². The van der Waals surface area contributed by atoms with E-state index in [9.17, 15) is 9.59 Å². The molecule has 90 valence electrons. The van der Waals surface area contributed by atoms with Crippen molar-refractivity contribution < 1.29 is 9.59 Å². The molecule has 1 aromatic carbocycles. The van der Waals surface area contributed by atoms with Gasteiger partial charge in [-0.15, -0.1) is 0 Å². The first kappa shape index (κ1) is 12.3. The van der Waals surface area contributed by atoms with Gasteiger partial charge in [0, 0.05) is 24.4 Å². The summed E-state index contributed by atoms with van der Waals surface area (Å²) < 4.78 is 1.04. The third-order valence-electron chi connectivity index (χ3n) is 3.14. The Hall–Kier alpha value is -1.16. The van der Waals surface area contributed by atoms with Crippen LogP contribution in [0.3, 0.4) is 0 Å². The van der Waals surface area contributed by atoms with E-state index >= 15 is 0 Å². The molecular formula is C13H14BrNO2. The number of carbonyl (C=O) groups excluding carboxylic acids is 2. The van der Waals surface area contributed by atoms with Crippen LogP contribution in [-0.2, 0) is 9.59 Å². The average molecular weight is 296 g/mol. The van der Waals surface area contributed by atoms with Gasteiger partial charge < -0.3 is 0 Å². The largest absolute Gasteiger partial charge is 0.283 e. The van der Waals surface area contributed by atoms with Crippen molar-refractivity contribution in [3.05, 3.63) is 34.3 Å². The first-order valence-corrected chi connectivity index (χ1v) is 6.43. The van der Waals surface area contributed by atoms with E-state index in [0.717, 1.165) is 10.9 Å². The van der Waals surface area contributed by atoms with Crippen LogP contribution < -0.4 is 0 Å². The Morgan fingerprint density at radius 3 is 2.53 bits per heavy atom. The molecule has 1 aliphatic rings. The van der Waals surface area contributed by atoms with Gasteiger partial charge in [-0.3, -0.25) is 14.5 Å². The Morgan fingerprint density at radius 1 is 1.35 bits per heavy atom. The number of nitrogens with zero attached hydrogens (tertiary/aromatic N) is 1. The molecule has 1 saturated heterocycles. The van der Waals surface area contributed by atoms with E-state index in [0.29, 0.717) is 13.0 Å². The third-order valence-corrected chi connectivity index (χ3v) is 3.67. The minimum Gasteiger partial charge on any atom is -0.283 e. The molecular weight excluding hydrogens is 282 g/mol. The van der Waals surface area contributed by atoms with Crippen LogP contribution in [0.15, 0.2) is 28.7 Å². The lowest BCUT2D eigenvalue weighted by molar-refractivity contribution is -0.145. The summed E-state index contributed by atoms with van der Waals surface area (Å²) in [5, 5.41) is 0. The lowest BCUT2D eigenvalue weighted by atomic mass is 9.89. The minimum absolute atomic E-state index is 0.0586. The second-order valence-electron chi connectivity index (χ2n) is 4.31. The predicted molar refractivity (Wildman–Crippen MR) is 68.5 cm³/mol. The van der Waals surface area contributed by atoms with Crippen LogP contribution >= 0.6 is 15.9 Å². The van der Waals surface area contributed by atoms with Crippen LogP contribution in [0, 0.1) is 0 Å². The molecule has 0 N–H and O–H groups in total. The Balaban J connectivity index is 2.09. The predicted octanol–water partition coefficient (Wildman–Crippen LogP) is 2.70. The zero-order chi connectivity index (χ0) is 12.4. The Labute approximate surface area is 109 Å². The number of halogens is 1. The van der Waals surface area contributed by atoms with E-state index in [1.165, 1.54) is 17.4 Å². The van der Waals surface area contributed by atoms with Crippen molar-refractivity contribution in [1.82, 2.24) is 4.90 Å². The number of benzene rings is 1. The number of piperidine rings is 1. The molecule has 0 aromatic heterocycles. The summed E-state index contributed by atoms with van der Waals surface area (Å²) in [6.07, 6.45) is 1.29. The van der Waals surface area contributed by atoms with Crippen LogP contribution in [0.5, 0.6) is 0 Å². The molecule has 0 spiro atoms. The average Bonchev–Trinajstić information content (AvgIpc) is 2.29. The summed E-state index contributed by atoms with van der Waals surface area (Å²) in [6.45, 7) is 1.98. The molecule has 1 atom stereocenters. The summed E-state index contributed by atoms with van der Waals surface area (Å²) in [7, 11) is 0. The molecule has 1 unspecified atom stereocenters. The van der Waals surface area contributed by atoms with E-state index in [1.54, 1.807) is 0 Å². The van der Waals surface area contributed by atoms with Crippen molar-refractivity contribution in [2.24, 2.45) is 0 Å². The molecule has 0 aliphatic carbocycles. The molecule has 0 radical (unpaired) electrons. The zero-order valence-corrected chi connectivity index (χ0v) is 11.2. The second-order valence-corrected chi connectivity index (χ2v) is 5.22. The molecule has 1 heterocycles. The third kappa shape index (κ3) is 2.75. The lowest BCUT2D eigenvalue weighted by Gasteiger charge is -2.29. The van der Waals surface area contributed by atoms with Crippen LogP contribution in [0.1, 0.15) is 31.2 Å². The van der Waals surface area contributed by atoms with Gasteiger partial charge in [0.1, 0.15) is 0 Å². The van der Waals surface area contributed by atoms with Gasteiger partial charge in [-0.1, -0.05) is 28.1 Å². The van der Waals surface area contributed by atoms with Gasteiger partial charge in [0.2, 0.25) is 11.8 Å². The summed E-state index contributed by atoms with van der Waals surface area (Å²) in [4.78, 5) is 24.3. The normalized spacial score (nSPS) is 20.5. The van der Waals surface area contributed by atoms with Gasteiger partial charge >= 0.3 is 0 Å². The SMILES string of the molecule is CC(=O)N1CCC(c2ccc(Br)cc2)CC1=O. The molecule has 17 heavy (non-hydrogen) atoms. The number of carbonyl (C=O) groups is 2. The number of hydrogen-bond acceptors (Lipinski definition) is 2. The van der Waals surface area contributed by atoms with Crippen molar-refractivity contribution in [3.63, 3.8) is 0 Å². The summed E-state index contributed by atoms with van der Waals surface area (Å²) in [6, 6.07) is 8.03. The Morgan fingerprint density at radius 2 is 2.00 bits per heavy atom. The summed E-state index contributed by atoms with van der Waals surface area (Å²) in [5.41, 5.74) is 1.17. The highest BCUT2D eigenvalue weighted by Crippen LogP contribution is 2.29. The minimum atomic E-state index is -0.149. The Kier molecular flexibility index (Phi) is 3.62. The number of hydrogen-bond donors (Lipinski definition) is 0. The number of imide groups is 1. The van der Waals surface area contributed by atoms with E-state index in [1.807, 2.05) is 24.3 Å². The van der Waals surface area contributed by atoms with E-state index < -0.39 is 0 Å². The fourth-order valence-electron chi connectivity index (χ4n) is 2.19. The maximum Gasteiger partial charge on any atom is 0.229 e. The molecule has 4 heteroatoms. The van der Waals surface area contributed by atoms with E-state index in [-0.39, 0.29) is 17.7 Å². The van der Waals surface area contributed by atoms with Crippen molar-refractivity contribution in [1.29, 1.82) is 0 Å². The molecule has 3 nitrogen and oxygen atoms in total. The van der Waals surface area contributed by atoms with Gasteiger partial charge in [-0.25, -0.2) is 0 Å². The lowest BCUT2D eigenvalue weighted by Crippen LogP contribution is -2.41. The standard InChI is InChI=1S/C13H14BrNO2/c1-9(16)15-7-6-11(8-13(15)17)10-2-4-12(14)5-3-10/h2-5,11H,6-8H2,1H3. The maximum atomic E-state index is 11.8. The molecule has 1 aliphatic heterocycles. The monoisotopic (exact) mass is 295 g/mol. The fourth-order valence-corrected chi connectivity index (χ4v) is 2.45.